The lowest BCUT2D eigenvalue weighted by Crippen LogP contribution is -2.47. The minimum atomic E-state index is 0.119. The van der Waals surface area contributed by atoms with Crippen LogP contribution in [-0.4, -0.2) is 9.55 Å². The fourth-order valence-corrected chi connectivity index (χ4v) is 7.15. The van der Waals surface area contributed by atoms with Gasteiger partial charge in [-0.2, -0.15) is 0 Å². The number of benzene rings is 4. The molecule has 2 heteroatoms. The van der Waals surface area contributed by atoms with Gasteiger partial charge in [0.2, 0.25) is 0 Å². The number of aromatic nitrogens is 2. The fraction of sp³-hybridized carbons (Fsp3) is 0.294. The Balaban J connectivity index is 1.56. The molecule has 0 saturated carbocycles. The van der Waals surface area contributed by atoms with Crippen molar-refractivity contribution in [1.82, 2.24) is 9.55 Å². The molecular weight excluding hydrogens is 436 g/mol. The van der Waals surface area contributed by atoms with E-state index in [9.17, 15) is 0 Å². The van der Waals surface area contributed by atoms with Crippen LogP contribution in [0.25, 0.3) is 49.3 Å². The van der Waals surface area contributed by atoms with Crippen LogP contribution in [0.1, 0.15) is 59.1 Å². The summed E-state index contributed by atoms with van der Waals surface area (Å²) in [5, 5.41) is 5.18. The van der Waals surface area contributed by atoms with E-state index in [1.165, 1.54) is 66.8 Å². The summed E-state index contributed by atoms with van der Waals surface area (Å²) in [4.78, 5) is 3.66. The lowest BCUT2D eigenvalue weighted by molar-refractivity contribution is 0.119. The smallest absolute Gasteiger partial charge is 0.0562 e. The molecule has 0 bridgehead atoms. The topological polar surface area (TPSA) is 20.7 Å². The summed E-state index contributed by atoms with van der Waals surface area (Å²) in [7, 11) is 0. The predicted octanol–water partition coefficient (Wildman–Crippen LogP) is 9.40. The van der Waals surface area contributed by atoms with Crippen LogP contribution in [0, 0.1) is 5.41 Å². The Kier molecular flexibility index (Phi) is 4.12. The Morgan fingerprint density at radius 3 is 2.14 bits per heavy atom. The lowest BCUT2D eigenvalue weighted by atomic mass is 9.51. The van der Waals surface area contributed by atoms with Crippen LogP contribution in [0.5, 0.6) is 0 Å². The molecule has 2 heterocycles. The van der Waals surface area contributed by atoms with Crippen molar-refractivity contribution in [2.24, 2.45) is 5.41 Å². The highest BCUT2D eigenvalue weighted by atomic mass is 15.0. The molecule has 2 aromatic heterocycles. The van der Waals surface area contributed by atoms with E-state index in [0.29, 0.717) is 0 Å². The molecule has 0 fully saturated rings. The number of rotatable bonds is 1. The van der Waals surface area contributed by atoms with Crippen molar-refractivity contribution < 1.29 is 0 Å². The van der Waals surface area contributed by atoms with Crippen molar-refractivity contribution in [2.75, 3.05) is 0 Å². The molecule has 36 heavy (non-hydrogen) atoms. The van der Waals surface area contributed by atoms with Crippen LogP contribution in [0.3, 0.4) is 0 Å². The highest BCUT2D eigenvalue weighted by Crippen LogP contribution is 2.56. The van der Waals surface area contributed by atoms with Gasteiger partial charge in [0.1, 0.15) is 0 Å². The number of hydrogen-bond donors (Lipinski definition) is 1. The van der Waals surface area contributed by atoms with E-state index >= 15 is 0 Å². The Morgan fingerprint density at radius 1 is 0.611 bits per heavy atom. The zero-order chi connectivity index (χ0) is 25.0. The highest BCUT2D eigenvalue weighted by Gasteiger charge is 2.48. The number of para-hydroxylation sites is 2. The maximum absolute atomic E-state index is 3.66. The second-order valence-corrected chi connectivity index (χ2v) is 12.7. The average Bonchev–Trinajstić information content (AvgIpc) is 3.35. The largest absolute Gasteiger partial charge is 0.354 e. The number of nitrogens with one attached hydrogen (secondary N) is 1. The van der Waals surface area contributed by atoms with Crippen molar-refractivity contribution >= 4 is 43.6 Å². The van der Waals surface area contributed by atoms with Crippen molar-refractivity contribution in [3.63, 3.8) is 0 Å². The molecule has 1 N–H and O–H groups in total. The van der Waals surface area contributed by atoms with E-state index in [1.807, 2.05) is 0 Å². The second kappa shape index (κ2) is 6.82. The molecule has 1 aliphatic rings. The molecule has 2 nitrogen and oxygen atoms in total. The summed E-state index contributed by atoms with van der Waals surface area (Å²) >= 11 is 0. The number of hydrogen-bond acceptors (Lipinski definition) is 0. The van der Waals surface area contributed by atoms with Gasteiger partial charge in [0.25, 0.3) is 0 Å². The van der Waals surface area contributed by atoms with Crippen molar-refractivity contribution in [3.05, 3.63) is 90.0 Å². The Bertz CT molecular complexity index is 1840. The van der Waals surface area contributed by atoms with Gasteiger partial charge in [0.15, 0.2) is 0 Å². The first-order valence-electron chi connectivity index (χ1n) is 13.2. The maximum atomic E-state index is 3.66. The first-order valence-corrected chi connectivity index (χ1v) is 13.2. The monoisotopic (exact) mass is 470 g/mol. The quantitative estimate of drug-likeness (QED) is 0.247. The van der Waals surface area contributed by atoms with E-state index < -0.39 is 0 Å². The normalized spacial score (nSPS) is 18.3. The molecule has 7 rings (SSSR count). The van der Waals surface area contributed by atoms with Crippen LogP contribution in [0.2, 0.25) is 0 Å². The first-order chi connectivity index (χ1) is 17.1. The van der Waals surface area contributed by atoms with Crippen LogP contribution < -0.4 is 0 Å². The maximum Gasteiger partial charge on any atom is 0.0562 e. The zero-order valence-electron chi connectivity index (χ0n) is 22.2. The van der Waals surface area contributed by atoms with Crippen LogP contribution in [0.4, 0.5) is 0 Å². The number of nitrogens with zero attached hydrogens (tertiary/aromatic N) is 1. The van der Waals surface area contributed by atoms with E-state index in [-0.39, 0.29) is 16.2 Å². The second-order valence-electron chi connectivity index (χ2n) is 12.7. The third-order valence-corrected chi connectivity index (χ3v) is 9.54. The standard InChI is InChI=1S/C34H34N2/c1-32(2)20-33(3,4)34(5,6)26-16-15-21(17-27(26)32)36-30-14-10-8-12-23(30)25-18-24-22-11-7-9-13-28(22)35-29(24)19-31(25)36/h7-19,35H,20H2,1-6H3. The molecule has 180 valence electrons. The molecule has 0 atom stereocenters. The van der Waals surface area contributed by atoms with E-state index in [4.69, 9.17) is 0 Å². The summed E-state index contributed by atoms with van der Waals surface area (Å²) in [6.07, 6.45) is 1.17. The van der Waals surface area contributed by atoms with Gasteiger partial charge < -0.3 is 9.55 Å². The Morgan fingerprint density at radius 2 is 1.33 bits per heavy atom. The van der Waals surface area contributed by atoms with Gasteiger partial charge in [-0.15, -0.1) is 0 Å². The highest BCUT2D eigenvalue weighted by molar-refractivity contribution is 6.18. The average molecular weight is 471 g/mol. The molecule has 0 radical (unpaired) electrons. The summed E-state index contributed by atoms with van der Waals surface area (Å²) in [6, 6.07) is 29.4. The van der Waals surface area contributed by atoms with Crippen LogP contribution in [0.15, 0.2) is 78.9 Å². The van der Waals surface area contributed by atoms with Gasteiger partial charge in [0.05, 0.1) is 11.0 Å². The molecule has 0 aliphatic heterocycles. The lowest BCUT2D eigenvalue weighted by Gasteiger charge is -2.53. The predicted molar refractivity (Wildman–Crippen MR) is 155 cm³/mol. The molecule has 0 saturated heterocycles. The minimum absolute atomic E-state index is 0.119. The van der Waals surface area contributed by atoms with Gasteiger partial charge in [-0.05, 0) is 70.2 Å². The zero-order valence-corrected chi connectivity index (χ0v) is 22.2. The molecule has 0 amide bonds. The Hall–Kier alpha value is -3.52. The summed E-state index contributed by atoms with van der Waals surface area (Å²) < 4.78 is 2.47. The molecule has 6 aromatic rings. The molecule has 0 unspecified atom stereocenters. The van der Waals surface area contributed by atoms with Crippen molar-refractivity contribution in [2.45, 2.75) is 58.8 Å². The molecule has 1 aliphatic carbocycles. The number of fused-ring (bicyclic) bond motifs is 7. The number of H-pyrrole nitrogens is 1. The van der Waals surface area contributed by atoms with E-state index in [0.717, 1.165) is 0 Å². The molecule has 4 aromatic carbocycles. The minimum Gasteiger partial charge on any atom is -0.354 e. The molecular formula is C34H34N2. The summed E-state index contributed by atoms with van der Waals surface area (Å²) in [5.74, 6) is 0. The number of aromatic amines is 1. The third kappa shape index (κ3) is 2.73. The van der Waals surface area contributed by atoms with Gasteiger partial charge in [0, 0.05) is 38.3 Å². The summed E-state index contributed by atoms with van der Waals surface area (Å²) in [6.45, 7) is 14.6. The van der Waals surface area contributed by atoms with E-state index in [1.54, 1.807) is 0 Å². The van der Waals surface area contributed by atoms with E-state index in [2.05, 4.69) is 130 Å². The SMILES string of the molecule is CC1(C)CC(C)(C)C(C)(C)c2ccc(-n3c4ccccc4c4cc5c(cc43)[nH]c3ccccc35)cc21. The van der Waals surface area contributed by atoms with Gasteiger partial charge in [-0.1, -0.05) is 84.0 Å². The fourth-order valence-electron chi connectivity index (χ4n) is 7.15. The summed E-state index contributed by atoms with van der Waals surface area (Å²) in [5.41, 5.74) is 9.60. The third-order valence-electron chi connectivity index (χ3n) is 9.54. The van der Waals surface area contributed by atoms with Gasteiger partial charge in [-0.25, -0.2) is 0 Å². The van der Waals surface area contributed by atoms with Crippen molar-refractivity contribution in [3.8, 4) is 5.69 Å². The van der Waals surface area contributed by atoms with Crippen LogP contribution >= 0.6 is 0 Å². The van der Waals surface area contributed by atoms with Crippen LogP contribution in [-0.2, 0) is 10.8 Å². The van der Waals surface area contributed by atoms with Gasteiger partial charge >= 0.3 is 0 Å². The first kappa shape index (κ1) is 21.7. The van der Waals surface area contributed by atoms with Gasteiger partial charge in [-0.3, -0.25) is 0 Å². The van der Waals surface area contributed by atoms with Crippen molar-refractivity contribution in [1.29, 1.82) is 0 Å². The molecule has 0 spiro atoms. The Labute approximate surface area is 212 Å².